The number of rotatable bonds is 2. The Kier molecular flexibility index (Phi) is 4.59. The maximum absolute atomic E-state index is 13.6. The first-order chi connectivity index (χ1) is 14.5. The second kappa shape index (κ2) is 7.29. The molecule has 0 radical (unpaired) electrons. The van der Waals surface area contributed by atoms with Crippen molar-refractivity contribution >= 4 is 29.1 Å². The zero-order chi connectivity index (χ0) is 20.8. The van der Waals surface area contributed by atoms with Gasteiger partial charge in [-0.2, -0.15) is 0 Å². The number of halogens is 1. The lowest BCUT2D eigenvalue weighted by Crippen LogP contribution is -2.49. The van der Waals surface area contributed by atoms with E-state index in [-0.39, 0.29) is 17.9 Å². The van der Waals surface area contributed by atoms with E-state index in [1.807, 2.05) is 72.5 Å². The van der Waals surface area contributed by atoms with Gasteiger partial charge in [-0.15, -0.1) is 0 Å². The molecule has 3 aromatic rings. The lowest BCUT2D eigenvalue weighted by molar-refractivity contribution is -0.119. The molecule has 0 saturated heterocycles. The number of hydrogen-bond donors (Lipinski definition) is 1. The van der Waals surface area contributed by atoms with Gasteiger partial charge in [-0.3, -0.25) is 9.59 Å². The Morgan fingerprint density at radius 1 is 1.03 bits per heavy atom. The summed E-state index contributed by atoms with van der Waals surface area (Å²) in [4.78, 5) is 28.7. The predicted molar refractivity (Wildman–Crippen MR) is 118 cm³/mol. The van der Waals surface area contributed by atoms with Crippen LogP contribution in [-0.2, 0) is 11.2 Å². The maximum Gasteiger partial charge on any atom is 0.254 e. The van der Waals surface area contributed by atoms with Gasteiger partial charge >= 0.3 is 0 Å². The summed E-state index contributed by atoms with van der Waals surface area (Å²) in [5.74, 6) is -0.687. The standard InChI is InChI=1S/C25H21ClN2O2/c1-15-10-11-21(20(26)14-15)27-24(29)22-18-8-4-5-9-19(18)25(30)28-13-12-16-6-2-3-7-17(16)23(22)28/h2-11,14,22-23H,12-13H2,1H3,(H,27,29). The second-order valence-corrected chi connectivity index (χ2v) is 8.34. The van der Waals surface area contributed by atoms with Crippen molar-refractivity contribution in [2.45, 2.75) is 25.3 Å². The summed E-state index contributed by atoms with van der Waals surface area (Å²) in [7, 11) is 0. The molecule has 3 aromatic carbocycles. The minimum absolute atomic E-state index is 0.0116. The first-order valence-corrected chi connectivity index (χ1v) is 10.5. The molecule has 0 aromatic heterocycles. The molecule has 0 bridgehead atoms. The number of nitrogens with zero attached hydrogens (tertiary/aromatic N) is 1. The van der Waals surface area contributed by atoms with Crippen molar-refractivity contribution in [3.8, 4) is 0 Å². The average Bonchev–Trinajstić information content (AvgIpc) is 2.76. The topological polar surface area (TPSA) is 49.4 Å². The summed E-state index contributed by atoms with van der Waals surface area (Å²) in [6.45, 7) is 2.56. The third kappa shape index (κ3) is 2.99. The predicted octanol–water partition coefficient (Wildman–Crippen LogP) is 5.12. The fourth-order valence-electron chi connectivity index (χ4n) is 4.69. The Bertz CT molecular complexity index is 1170. The summed E-state index contributed by atoms with van der Waals surface area (Å²) >= 11 is 6.38. The van der Waals surface area contributed by atoms with Crippen molar-refractivity contribution in [3.05, 3.63) is 99.6 Å². The maximum atomic E-state index is 13.6. The van der Waals surface area contributed by atoms with Crippen LogP contribution < -0.4 is 5.32 Å². The molecule has 0 aliphatic carbocycles. The van der Waals surface area contributed by atoms with Crippen molar-refractivity contribution in [1.82, 2.24) is 4.90 Å². The van der Waals surface area contributed by atoms with Crippen molar-refractivity contribution < 1.29 is 9.59 Å². The first-order valence-electron chi connectivity index (χ1n) is 10.1. The van der Waals surface area contributed by atoms with Crippen molar-refractivity contribution in [1.29, 1.82) is 0 Å². The van der Waals surface area contributed by atoms with Gasteiger partial charge < -0.3 is 10.2 Å². The zero-order valence-corrected chi connectivity index (χ0v) is 17.3. The third-order valence-corrected chi connectivity index (χ3v) is 6.41. The fraction of sp³-hybridized carbons (Fsp3) is 0.200. The quantitative estimate of drug-likeness (QED) is 0.630. The highest BCUT2D eigenvalue weighted by Crippen LogP contribution is 2.46. The van der Waals surface area contributed by atoms with Gasteiger partial charge in [0, 0.05) is 12.1 Å². The van der Waals surface area contributed by atoms with Crippen LogP contribution in [0.15, 0.2) is 66.7 Å². The molecule has 5 rings (SSSR count). The van der Waals surface area contributed by atoms with E-state index in [0.717, 1.165) is 23.1 Å². The summed E-state index contributed by atoms with van der Waals surface area (Å²) in [6, 6.07) is 20.8. The van der Waals surface area contributed by atoms with Gasteiger partial charge in [-0.05, 0) is 53.8 Å². The van der Waals surface area contributed by atoms with E-state index in [2.05, 4.69) is 11.4 Å². The Morgan fingerprint density at radius 2 is 1.77 bits per heavy atom. The van der Waals surface area contributed by atoms with Crippen LogP contribution in [0.3, 0.4) is 0 Å². The Hall–Kier alpha value is -3.11. The molecule has 2 atom stereocenters. The van der Waals surface area contributed by atoms with Gasteiger partial charge in [-0.25, -0.2) is 0 Å². The number of carbonyl (C=O) groups excluding carboxylic acids is 2. The van der Waals surface area contributed by atoms with Gasteiger partial charge in [-0.1, -0.05) is 60.1 Å². The fourth-order valence-corrected chi connectivity index (χ4v) is 4.97. The normalized spacial score (nSPS) is 19.5. The number of fused-ring (bicyclic) bond motifs is 4. The van der Waals surface area contributed by atoms with Crippen LogP contribution in [0, 0.1) is 6.92 Å². The van der Waals surface area contributed by atoms with E-state index in [4.69, 9.17) is 11.6 Å². The molecule has 2 aliphatic rings. The van der Waals surface area contributed by atoms with Gasteiger partial charge in [0.1, 0.15) is 0 Å². The van der Waals surface area contributed by atoms with E-state index < -0.39 is 5.92 Å². The number of anilines is 1. The number of amides is 2. The van der Waals surface area contributed by atoms with Crippen LogP contribution >= 0.6 is 11.6 Å². The monoisotopic (exact) mass is 416 g/mol. The number of nitrogens with one attached hydrogen (secondary N) is 1. The van der Waals surface area contributed by atoms with Crippen LogP contribution in [0.25, 0.3) is 0 Å². The van der Waals surface area contributed by atoms with Crippen molar-refractivity contribution in [3.63, 3.8) is 0 Å². The Balaban J connectivity index is 1.63. The van der Waals surface area contributed by atoms with Crippen LogP contribution in [0.2, 0.25) is 5.02 Å². The lowest BCUT2D eigenvalue weighted by atomic mass is 9.76. The van der Waals surface area contributed by atoms with E-state index >= 15 is 0 Å². The summed E-state index contributed by atoms with van der Waals surface area (Å²) in [6.07, 6.45) is 0.790. The van der Waals surface area contributed by atoms with Crippen LogP contribution in [0.5, 0.6) is 0 Å². The highest BCUT2D eigenvalue weighted by Gasteiger charge is 2.46. The highest BCUT2D eigenvalue weighted by molar-refractivity contribution is 6.33. The van der Waals surface area contributed by atoms with Crippen LogP contribution in [0.1, 0.15) is 44.6 Å². The van der Waals surface area contributed by atoms with E-state index in [1.54, 1.807) is 0 Å². The van der Waals surface area contributed by atoms with Gasteiger partial charge in [0.05, 0.1) is 22.7 Å². The van der Waals surface area contributed by atoms with E-state index in [1.165, 1.54) is 5.56 Å². The SMILES string of the molecule is Cc1ccc(NC(=O)C2c3ccccc3C(=O)N3CCc4ccccc4C23)c(Cl)c1. The molecule has 150 valence electrons. The average molecular weight is 417 g/mol. The van der Waals surface area contributed by atoms with E-state index in [0.29, 0.717) is 22.8 Å². The zero-order valence-electron chi connectivity index (χ0n) is 16.6. The van der Waals surface area contributed by atoms with Crippen molar-refractivity contribution in [2.24, 2.45) is 0 Å². The molecule has 2 aliphatic heterocycles. The lowest BCUT2D eigenvalue weighted by Gasteiger charge is -2.45. The Morgan fingerprint density at radius 3 is 2.57 bits per heavy atom. The second-order valence-electron chi connectivity index (χ2n) is 7.93. The summed E-state index contributed by atoms with van der Waals surface area (Å²) in [5, 5.41) is 3.52. The molecule has 0 spiro atoms. The molecule has 0 fully saturated rings. The smallest absolute Gasteiger partial charge is 0.254 e. The Labute approximate surface area is 180 Å². The molecular weight excluding hydrogens is 396 g/mol. The van der Waals surface area contributed by atoms with Gasteiger partial charge in [0.2, 0.25) is 5.91 Å². The van der Waals surface area contributed by atoms with Crippen LogP contribution in [-0.4, -0.2) is 23.3 Å². The molecule has 2 unspecified atom stereocenters. The summed E-state index contributed by atoms with van der Waals surface area (Å²) < 4.78 is 0. The minimum atomic E-state index is -0.516. The number of benzene rings is 3. The molecular formula is C25H21ClN2O2. The molecule has 4 nitrogen and oxygen atoms in total. The van der Waals surface area contributed by atoms with Crippen molar-refractivity contribution in [2.75, 3.05) is 11.9 Å². The molecule has 1 N–H and O–H groups in total. The van der Waals surface area contributed by atoms with E-state index in [9.17, 15) is 9.59 Å². The first kappa shape index (κ1) is 18.9. The summed E-state index contributed by atoms with van der Waals surface area (Å²) in [5.41, 5.74) is 5.21. The highest BCUT2D eigenvalue weighted by atomic mass is 35.5. The van der Waals surface area contributed by atoms with Crippen LogP contribution in [0.4, 0.5) is 5.69 Å². The number of aryl methyl sites for hydroxylation is 1. The number of carbonyl (C=O) groups is 2. The molecule has 0 saturated carbocycles. The molecule has 2 amide bonds. The van der Waals surface area contributed by atoms with Gasteiger partial charge in [0.25, 0.3) is 5.91 Å². The third-order valence-electron chi connectivity index (χ3n) is 6.10. The largest absolute Gasteiger partial charge is 0.330 e. The molecule has 2 heterocycles. The van der Waals surface area contributed by atoms with Gasteiger partial charge in [0.15, 0.2) is 0 Å². The minimum Gasteiger partial charge on any atom is -0.330 e. The number of hydrogen-bond acceptors (Lipinski definition) is 2. The molecule has 5 heteroatoms. The molecule has 30 heavy (non-hydrogen) atoms.